The SMILES string of the molecule is O=C1O[C@]2(CCN(C(=O)C3(c4ccc(CN5CCCC5)cc4)CC3)C2)c2ccccc21. The van der Waals surface area contributed by atoms with Crippen molar-refractivity contribution in [2.24, 2.45) is 0 Å². The summed E-state index contributed by atoms with van der Waals surface area (Å²) in [6, 6.07) is 16.3. The predicted molar refractivity (Wildman–Crippen MR) is 117 cm³/mol. The number of carbonyl (C=O) groups excluding carboxylic acids is 2. The lowest BCUT2D eigenvalue weighted by Crippen LogP contribution is -2.40. The van der Waals surface area contributed by atoms with Crippen LogP contribution in [0.1, 0.15) is 59.2 Å². The van der Waals surface area contributed by atoms with Crippen LogP contribution in [0.3, 0.4) is 0 Å². The Balaban J connectivity index is 1.19. The Morgan fingerprint density at radius 2 is 1.68 bits per heavy atom. The molecule has 2 saturated heterocycles. The average Bonchev–Trinajstić information content (AvgIpc) is 3.11. The molecule has 1 aliphatic carbocycles. The van der Waals surface area contributed by atoms with Gasteiger partial charge < -0.3 is 9.64 Å². The molecule has 5 heteroatoms. The number of ether oxygens (including phenoxy) is 1. The molecule has 3 aliphatic heterocycles. The molecule has 5 nitrogen and oxygen atoms in total. The third-order valence-corrected chi connectivity index (χ3v) is 7.72. The Morgan fingerprint density at radius 1 is 0.935 bits per heavy atom. The van der Waals surface area contributed by atoms with Crippen LogP contribution >= 0.6 is 0 Å². The van der Waals surface area contributed by atoms with Gasteiger partial charge in [0.25, 0.3) is 0 Å². The van der Waals surface area contributed by atoms with E-state index in [1.54, 1.807) is 0 Å². The van der Waals surface area contributed by atoms with E-state index in [0.29, 0.717) is 25.1 Å². The molecule has 1 spiro atoms. The summed E-state index contributed by atoms with van der Waals surface area (Å²) in [4.78, 5) is 30.4. The number of carbonyl (C=O) groups is 2. The van der Waals surface area contributed by atoms with Gasteiger partial charge in [-0.1, -0.05) is 42.5 Å². The Bertz CT molecular complexity index is 1040. The van der Waals surface area contributed by atoms with Gasteiger partial charge in [0.1, 0.15) is 0 Å². The van der Waals surface area contributed by atoms with Crippen molar-refractivity contribution in [3.8, 4) is 0 Å². The molecule has 1 amide bonds. The Morgan fingerprint density at radius 3 is 2.42 bits per heavy atom. The molecule has 2 aromatic rings. The van der Waals surface area contributed by atoms with Crippen molar-refractivity contribution >= 4 is 11.9 Å². The molecular weight excluding hydrogens is 388 g/mol. The fraction of sp³-hybridized carbons (Fsp3) is 0.462. The first-order valence-corrected chi connectivity index (χ1v) is 11.5. The second-order valence-corrected chi connectivity index (χ2v) is 9.67. The summed E-state index contributed by atoms with van der Waals surface area (Å²) in [6.07, 6.45) is 5.07. The number of rotatable bonds is 4. The molecule has 2 aromatic carbocycles. The summed E-state index contributed by atoms with van der Waals surface area (Å²) in [5, 5.41) is 0. The standard InChI is InChI=1S/C26H28N2O3/c29-23-21-5-1-2-6-22(21)26(31-23)13-16-28(18-26)24(30)25(11-12-25)20-9-7-19(8-10-20)17-27-14-3-4-15-27/h1-2,5-10H,3-4,11-18H2/t26-/m0/s1. The molecule has 0 bridgehead atoms. The zero-order chi connectivity index (χ0) is 21.1. The van der Waals surface area contributed by atoms with Crippen LogP contribution < -0.4 is 0 Å². The number of likely N-dealkylation sites (tertiary alicyclic amines) is 2. The van der Waals surface area contributed by atoms with Gasteiger partial charge in [-0.15, -0.1) is 0 Å². The van der Waals surface area contributed by atoms with Gasteiger partial charge in [-0.2, -0.15) is 0 Å². The smallest absolute Gasteiger partial charge is 0.339 e. The molecular formula is C26H28N2O3. The molecule has 3 fully saturated rings. The van der Waals surface area contributed by atoms with Crippen LogP contribution in [0.4, 0.5) is 0 Å². The summed E-state index contributed by atoms with van der Waals surface area (Å²) in [5.41, 5.74) is 2.98. The zero-order valence-electron chi connectivity index (χ0n) is 17.8. The summed E-state index contributed by atoms with van der Waals surface area (Å²) in [5.74, 6) is -0.0725. The summed E-state index contributed by atoms with van der Waals surface area (Å²) >= 11 is 0. The van der Waals surface area contributed by atoms with Crippen molar-refractivity contribution in [2.45, 2.75) is 49.7 Å². The van der Waals surface area contributed by atoms with Gasteiger partial charge in [0.2, 0.25) is 5.91 Å². The van der Waals surface area contributed by atoms with E-state index >= 15 is 0 Å². The molecule has 3 heterocycles. The fourth-order valence-electron chi connectivity index (χ4n) is 5.79. The minimum Gasteiger partial charge on any atom is -0.449 e. The predicted octanol–water partition coefficient (Wildman–Crippen LogP) is 3.61. The first-order chi connectivity index (χ1) is 15.1. The van der Waals surface area contributed by atoms with Crippen molar-refractivity contribution in [1.82, 2.24) is 9.80 Å². The molecule has 0 unspecified atom stereocenters. The van der Waals surface area contributed by atoms with Crippen molar-refractivity contribution in [2.75, 3.05) is 26.2 Å². The van der Waals surface area contributed by atoms with Gasteiger partial charge in [-0.25, -0.2) is 4.79 Å². The van der Waals surface area contributed by atoms with Crippen molar-refractivity contribution < 1.29 is 14.3 Å². The van der Waals surface area contributed by atoms with Crippen LogP contribution in [0, 0.1) is 0 Å². The highest BCUT2D eigenvalue weighted by Crippen LogP contribution is 2.52. The Kier molecular flexibility index (Phi) is 4.26. The highest BCUT2D eigenvalue weighted by molar-refractivity contribution is 5.96. The molecule has 160 valence electrons. The fourth-order valence-corrected chi connectivity index (χ4v) is 5.79. The average molecular weight is 417 g/mol. The molecule has 4 aliphatic rings. The second kappa shape index (κ2) is 6.92. The molecule has 31 heavy (non-hydrogen) atoms. The molecule has 0 radical (unpaired) electrons. The van der Waals surface area contributed by atoms with Crippen LogP contribution in [-0.2, 0) is 27.1 Å². The maximum Gasteiger partial charge on any atom is 0.339 e. The van der Waals surface area contributed by atoms with E-state index in [-0.39, 0.29) is 17.3 Å². The van der Waals surface area contributed by atoms with E-state index in [1.165, 1.54) is 31.5 Å². The number of nitrogens with zero attached hydrogens (tertiary/aromatic N) is 2. The molecule has 1 saturated carbocycles. The molecule has 0 N–H and O–H groups in total. The molecule has 6 rings (SSSR count). The first-order valence-electron chi connectivity index (χ1n) is 11.5. The van der Waals surface area contributed by atoms with Gasteiger partial charge in [0.05, 0.1) is 17.5 Å². The van der Waals surface area contributed by atoms with Gasteiger partial charge in [0, 0.05) is 25.1 Å². The van der Waals surface area contributed by atoms with Gasteiger partial charge in [0.15, 0.2) is 5.60 Å². The maximum absolute atomic E-state index is 13.6. The van der Waals surface area contributed by atoms with E-state index in [4.69, 9.17) is 4.74 Å². The largest absolute Gasteiger partial charge is 0.449 e. The van der Waals surface area contributed by atoms with Crippen LogP contribution in [0.15, 0.2) is 48.5 Å². The van der Waals surface area contributed by atoms with Crippen molar-refractivity contribution in [1.29, 1.82) is 0 Å². The van der Waals surface area contributed by atoms with Crippen LogP contribution in [0.2, 0.25) is 0 Å². The molecule has 1 atom stereocenters. The second-order valence-electron chi connectivity index (χ2n) is 9.67. The van der Waals surface area contributed by atoms with E-state index in [9.17, 15) is 9.59 Å². The highest BCUT2D eigenvalue weighted by atomic mass is 16.6. The topological polar surface area (TPSA) is 49.9 Å². The van der Waals surface area contributed by atoms with E-state index in [0.717, 1.165) is 30.5 Å². The van der Waals surface area contributed by atoms with Crippen LogP contribution in [0.5, 0.6) is 0 Å². The van der Waals surface area contributed by atoms with E-state index < -0.39 is 5.60 Å². The quantitative estimate of drug-likeness (QED) is 0.715. The van der Waals surface area contributed by atoms with Crippen molar-refractivity contribution in [3.05, 3.63) is 70.8 Å². The monoisotopic (exact) mass is 416 g/mol. The normalized spacial score (nSPS) is 26.3. The van der Waals surface area contributed by atoms with Gasteiger partial charge >= 0.3 is 5.97 Å². The maximum atomic E-state index is 13.6. The van der Waals surface area contributed by atoms with E-state index in [2.05, 4.69) is 29.2 Å². The molecule has 0 aromatic heterocycles. The number of amides is 1. The van der Waals surface area contributed by atoms with Gasteiger partial charge in [-0.05, 0) is 56.0 Å². The number of benzene rings is 2. The third kappa shape index (κ3) is 3.01. The summed E-state index contributed by atoms with van der Waals surface area (Å²) in [6.45, 7) is 4.47. The highest BCUT2D eigenvalue weighted by Gasteiger charge is 2.57. The first kappa shape index (κ1) is 19.1. The van der Waals surface area contributed by atoms with E-state index in [1.807, 2.05) is 29.2 Å². The minimum absolute atomic E-state index is 0.192. The number of hydrogen-bond acceptors (Lipinski definition) is 4. The number of hydrogen-bond donors (Lipinski definition) is 0. The lowest BCUT2D eigenvalue weighted by Gasteiger charge is -2.27. The minimum atomic E-state index is -0.668. The lowest BCUT2D eigenvalue weighted by molar-refractivity contribution is -0.134. The Labute approximate surface area is 183 Å². The Hall–Kier alpha value is -2.66. The lowest BCUT2D eigenvalue weighted by atomic mass is 9.91. The third-order valence-electron chi connectivity index (χ3n) is 7.72. The van der Waals surface area contributed by atoms with Crippen molar-refractivity contribution in [3.63, 3.8) is 0 Å². The number of fused-ring (bicyclic) bond motifs is 2. The van der Waals surface area contributed by atoms with Crippen LogP contribution in [-0.4, -0.2) is 47.9 Å². The summed E-state index contributed by atoms with van der Waals surface area (Å²) < 4.78 is 5.84. The van der Waals surface area contributed by atoms with Gasteiger partial charge in [-0.3, -0.25) is 9.69 Å². The summed E-state index contributed by atoms with van der Waals surface area (Å²) in [7, 11) is 0. The van der Waals surface area contributed by atoms with Crippen LogP contribution in [0.25, 0.3) is 0 Å². The number of esters is 1. The zero-order valence-corrected chi connectivity index (χ0v) is 17.8.